The first-order valence-electron chi connectivity index (χ1n) is 8.51. The van der Waals surface area contributed by atoms with Gasteiger partial charge in [0.05, 0.1) is 6.10 Å². The van der Waals surface area contributed by atoms with Crippen molar-refractivity contribution < 1.29 is 9.22 Å². The van der Waals surface area contributed by atoms with Crippen molar-refractivity contribution in [3.05, 3.63) is 0 Å². The molecule has 0 spiro atoms. The third-order valence-electron chi connectivity index (χ3n) is 5.85. The fraction of sp³-hybridized carbons (Fsp3) is 0.944. The van der Waals surface area contributed by atoms with Crippen LogP contribution in [0.25, 0.3) is 0 Å². The number of hydrogen-bond acceptors (Lipinski definition) is 2. The largest absolute Gasteiger partial charge is 0.412 e. The van der Waals surface area contributed by atoms with Gasteiger partial charge in [0.1, 0.15) is 5.78 Å². The normalized spacial score (nSPS) is 31.2. The van der Waals surface area contributed by atoms with E-state index in [4.69, 9.17) is 4.43 Å². The van der Waals surface area contributed by atoms with E-state index in [1.807, 2.05) is 6.92 Å². The predicted octanol–water partition coefficient (Wildman–Crippen LogP) is 5.57. The predicted molar refractivity (Wildman–Crippen MR) is 93.1 cm³/mol. The van der Waals surface area contributed by atoms with Gasteiger partial charge in [0.25, 0.3) is 0 Å². The van der Waals surface area contributed by atoms with Gasteiger partial charge in [0, 0.05) is 12.3 Å². The van der Waals surface area contributed by atoms with Crippen LogP contribution in [0.2, 0.25) is 15.6 Å². The molecule has 1 saturated heterocycles. The first-order valence-corrected chi connectivity index (χ1v) is 10.5. The number of rotatable bonds is 3. The van der Waals surface area contributed by atoms with Crippen LogP contribution < -0.4 is 0 Å². The van der Waals surface area contributed by atoms with E-state index in [0.29, 0.717) is 23.7 Å². The molecule has 1 heterocycles. The topological polar surface area (TPSA) is 26.3 Å². The zero-order valence-electron chi connectivity index (χ0n) is 15.8. The molecule has 1 fully saturated rings. The van der Waals surface area contributed by atoms with Crippen molar-refractivity contribution in [2.45, 2.75) is 97.4 Å². The molecule has 0 saturated carbocycles. The van der Waals surface area contributed by atoms with E-state index in [-0.39, 0.29) is 22.1 Å². The van der Waals surface area contributed by atoms with Gasteiger partial charge in [-0.3, -0.25) is 4.79 Å². The molecule has 124 valence electrons. The van der Waals surface area contributed by atoms with Gasteiger partial charge >= 0.3 is 0 Å². The molecule has 0 aliphatic carbocycles. The average Bonchev–Trinajstić information content (AvgIpc) is 2.60. The summed E-state index contributed by atoms with van der Waals surface area (Å²) in [6.45, 7) is 22.7. The molecule has 0 amide bonds. The minimum atomic E-state index is -2.04. The van der Waals surface area contributed by atoms with Gasteiger partial charge < -0.3 is 4.43 Å². The third-order valence-corrected chi connectivity index (χ3v) is 12.8. The molecule has 0 aromatic heterocycles. The molecule has 0 unspecified atom stereocenters. The third kappa shape index (κ3) is 2.88. The molecule has 0 N–H and O–H groups in total. The second-order valence-corrected chi connectivity index (χ2v) is 14.7. The van der Waals surface area contributed by atoms with Crippen molar-refractivity contribution in [1.29, 1.82) is 0 Å². The van der Waals surface area contributed by atoms with Crippen molar-refractivity contribution in [2.24, 2.45) is 11.8 Å². The second kappa shape index (κ2) is 5.81. The van der Waals surface area contributed by atoms with E-state index in [2.05, 4.69) is 62.3 Å². The quantitative estimate of drug-likeness (QED) is 0.637. The fourth-order valence-corrected chi connectivity index (χ4v) is 12.7. The van der Waals surface area contributed by atoms with Crippen molar-refractivity contribution in [3.63, 3.8) is 0 Å². The van der Waals surface area contributed by atoms with E-state index in [9.17, 15) is 4.79 Å². The number of ketones is 1. The molecule has 0 aromatic carbocycles. The lowest BCUT2D eigenvalue weighted by Crippen LogP contribution is -2.55. The van der Waals surface area contributed by atoms with Gasteiger partial charge in [0.2, 0.25) is 8.32 Å². The Morgan fingerprint density at radius 1 is 1.10 bits per heavy atom. The summed E-state index contributed by atoms with van der Waals surface area (Å²) < 4.78 is 6.91. The average molecular weight is 313 g/mol. The van der Waals surface area contributed by atoms with Crippen LogP contribution in [-0.2, 0) is 9.22 Å². The van der Waals surface area contributed by atoms with Crippen molar-refractivity contribution >= 4 is 14.1 Å². The van der Waals surface area contributed by atoms with Crippen LogP contribution in [0.15, 0.2) is 0 Å². The van der Waals surface area contributed by atoms with Crippen LogP contribution in [0.5, 0.6) is 0 Å². The number of carbonyl (C=O) groups excluding carboxylic acids is 1. The van der Waals surface area contributed by atoms with Crippen molar-refractivity contribution in [2.75, 3.05) is 0 Å². The Bertz CT molecular complexity index is 375. The first kappa shape index (κ1) is 18.9. The monoisotopic (exact) mass is 312 g/mol. The Morgan fingerprint density at radius 3 is 1.81 bits per heavy atom. The molecule has 1 aliphatic heterocycles. The summed E-state index contributed by atoms with van der Waals surface area (Å²) in [5.41, 5.74) is 0.564. The Morgan fingerprint density at radius 2 is 1.52 bits per heavy atom. The Kier molecular flexibility index (Phi) is 5.22. The van der Waals surface area contributed by atoms with Crippen LogP contribution in [0, 0.1) is 11.8 Å². The zero-order valence-corrected chi connectivity index (χ0v) is 16.8. The van der Waals surface area contributed by atoms with Gasteiger partial charge in [-0.05, 0) is 21.5 Å². The van der Waals surface area contributed by atoms with Crippen LogP contribution in [0.3, 0.4) is 0 Å². The van der Waals surface area contributed by atoms with Crippen LogP contribution in [-0.4, -0.2) is 20.2 Å². The highest BCUT2D eigenvalue weighted by Gasteiger charge is 2.65. The Balaban J connectivity index is 3.30. The van der Waals surface area contributed by atoms with Crippen LogP contribution in [0.1, 0.15) is 75.7 Å². The molecule has 3 heteroatoms. The van der Waals surface area contributed by atoms with E-state index in [0.717, 1.165) is 0 Å². The molecule has 21 heavy (non-hydrogen) atoms. The number of carbonyl (C=O) groups is 1. The van der Waals surface area contributed by atoms with Gasteiger partial charge in [0.15, 0.2) is 0 Å². The molecular weight excluding hydrogens is 276 g/mol. The lowest BCUT2D eigenvalue weighted by Gasteiger charge is -2.51. The van der Waals surface area contributed by atoms with E-state index < -0.39 is 8.32 Å². The maximum Gasteiger partial charge on any atom is 0.206 e. The van der Waals surface area contributed by atoms with Crippen molar-refractivity contribution in [3.8, 4) is 0 Å². The summed E-state index contributed by atoms with van der Waals surface area (Å²) in [6, 6.07) is 0. The van der Waals surface area contributed by atoms with Gasteiger partial charge in [-0.2, -0.15) is 0 Å². The summed E-state index contributed by atoms with van der Waals surface area (Å²) in [5.74, 6) is 0.818. The SMILES string of the molecule is CCC(=O)[C@@H](C)[C@@H]1O[Si](C(C)(C)C)(C(C)(C)C)[C@@H](C)[C@H]1C. The molecule has 2 nitrogen and oxygen atoms in total. The molecule has 1 aliphatic rings. The minimum Gasteiger partial charge on any atom is -0.412 e. The van der Waals surface area contributed by atoms with Gasteiger partial charge in [-0.25, -0.2) is 0 Å². The maximum absolute atomic E-state index is 12.2. The maximum atomic E-state index is 12.2. The highest BCUT2D eigenvalue weighted by atomic mass is 28.4. The molecule has 0 aromatic rings. The molecule has 4 atom stereocenters. The second-order valence-electron chi connectivity index (χ2n) is 9.07. The summed E-state index contributed by atoms with van der Waals surface area (Å²) in [7, 11) is -2.04. The summed E-state index contributed by atoms with van der Waals surface area (Å²) in [4.78, 5) is 12.2. The number of hydrogen-bond donors (Lipinski definition) is 0. The summed E-state index contributed by atoms with van der Waals surface area (Å²) in [6.07, 6.45) is 0.708. The fourth-order valence-electron chi connectivity index (χ4n) is 4.99. The summed E-state index contributed by atoms with van der Waals surface area (Å²) >= 11 is 0. The Labute approximate surface area is 133 Å². The lowest BCUT2D eigenvalue weighted by molar-refractivity contribution is -0.125. The molecular formula is C18H36O2Si. The van der Waals surface area contributed by atoms with Gasteiger partial charge in [-0.15, -0.1) is 0 Å². The standard InChI is InChI=1S/C18H36O2Si/c1-11-15(19)13(3)16-12(2)14(4)21(20-16,17(5,6)7)18(8,9)10/h12-14,16H,11H2,1-10H3/t12-,13-,14+,16-/m1/s1. The minimum absolute atomic E-state index is 0.0199. The smallest absolute Gasteiger partial charge is 0.206 e. The van der Waals surface area contributed by atoms with E-state index in [1.165, 1.54) is 0 Å². The van der Waals surface area contributed by atoms with Crippen LogP contribution in [0.4, 0.5) is 0 Å². The number of Topliss-reactive ketones (excluding diaryl/α,β-unsaturated/α-hetero) is 1. The molecule has 1 rings (SSSR count). The van der Waals surface area contributed by atoms with E-state index in [1.54, 1.807) is 0 Å². The Hall–Kier alpha value is -0.153. The highest BCUT2D eigenvalue weighted by molar-refractivity contribution is 6.81. The van der Waals surface area contributed by atoms with Crippen LogP contribution >= 0.6 is 0 Å². The highest BCUT2D eigenvalue weighted by Crippen LogP contribution is 2.64. The van der Waals surface area contributed by atoms with E-state index >= 15 is 0 Å². The summed E-state index contributed by atoms with van der Waals surface area (Å²) in [5, 5.41) is 0.339. The molecule has 0 bridgehead atoms. The first-order chi connectivity index (χ1) is 9.31. The lowest BCUT2D eigenvalue weighted by atomic mass is 9.88. The van der Waals surface area contributed by atoms with Gasteiger partial charge in [-0.1, -0.05) is 69.2 Å². The molecule has 0 radical (unpaired) electrons. The zero-order chi connectivity index (χ0) is 16.8. The van der Waals surface area contributed by atoms with Crippen molar-refractivity contribution in [1.82, 2.24) is 0 Å².